The maximum absolute atomic E-state index is 12.6. The fourth-order valence-electron chi connectivity index (χ4n) is 2.19. The average molecular weight is 445 g/mol. The highest BCUT2D eigenvalue weighted by atomic mass is 32.1. The third-order valence-corrected chi connectivity index (χ3v) is 4.09. The minimum Gasteiger partial charge on any atom is -0.481 e. The topological polar surface area (TPSA) is 120 Å². The van der Waals surface area contributed by atoms with Crippen molar-refractivity contribution in [1.29, 1.82) is 0 Å². The summed E-state index contributed by atoms with van der Waals surface area (Å²) in [5.41, 5.74) is 0.450. The maximum atomic E-state index is 12.6. The molecule has 0 bridgehead atoms. The summed E-state index contributed by atoms with van der Waals surface area (Å²) in [6.07, 6.45) is -1.25. The van der Waals surface area contributed by atoms with Gasteiger partial charge in [0.05, 0.1) is 30.4 Å². The van der Waals surface area contributed by atoms with Gasteiger partial charge in [-0.3, -0.25) is 14.9 Å². The van der Waals surface area contributed by atoms with Crippen LogP contribution in [0.15, 0.2) is 17.5 Å². The first kappa shape index (κ1) is 23.4. The van der Waals surface area contributed by atoms with Crippen LogP contribution in [-0.4, -0.2) is 52.4 Å². The molecular weight excluding hydrogens is 424 g/mol. The molecule has 2 heterocycles. The number of amides is 1. The smallest absolute Gasteiger partial charge is 0.345 e. The molecule has 2 aromatic rings. The molecule has 1 unspecified atom stereocenters. The minimum atomic E-state index is -2.93. The van der Waals surface area contributed by atoms with E-state index < -0.39 is 24.6 Å². The number of anilines is 1. The van der Waals surface area contributed by atoms with Crippen molar-refractivity contribution < 1.29 is 37.7 Å². The number of ether oxygens (including phenoxy) is 3. The van der Waals surface area contributed by atoms with E-state index >= 15 is 0 Å². The molecule has 0 aliphatic rings. The Morgan fingerprint density at radius 2 is 1.83 bits per heavy atom. The number of aliphatic carboxylic acids is 1. The summed E-state index contributed by atoms with van der Waals surface area (Å²) in [5.74, 6) is -1.48. The SMILES string of the molecule is CC(C)Oc1cc(C(=O)Nc2nc(CC(=O)O)cs2)cc(OC(C)COC(F)F)n1. The first-order valence-corrected chi connectivity index (χ1v) is 9.73. The number of nitrogens with zero attached hydrogens (tertiary/aromatic N) is 2. The van der Waals surface area contributed by atoms with Crippen molar-refractivity contribution in [3.8, 4) is 11.8 Å². The molecule has 2 aromatic heterocycles. The summed E-state index contributed by atoms with van der Waals surface area (Å²) in [7, 11) is 0. The fraction of sp³-hybridized carbons (Fsp3) is 0.444. The van der Waals surface area contributed by atoms with E-state index in [1.54, 1.807) is 13.8 Å². The van der Waals surface area contributed by atoms with Gasteiger partial charge in [-0.15, -0.1) is 11.3 Å². The Hall–Kier alpha value is -2.86. The molecule has 0 saturated carbocycles. The van der Waals surface area contributed by atoms with Gasteiger partial charge in [-0.1, -0.05) is 0 Å². The van der Waals surface area contributed by atoms with Gasteiger partial charge in [0.1, 0.15) is 6.10 Å². The number of hydrogen-bond acceptors (Lipinski definition) is 8. The Morgan fingerprint density at radius 1 is 1.17 bits per heavy atom. The van der Waals surface area contributed by atoms with Gasteiger partial charge in [-0.2, -0.15) is 13.8 Å². The van der Waals surface area contributed by atoms with E-state index in [0.717, 1.165) is 11.3 Å². The van der Waals surface area contributed by atoms with Crippen molar-refractivity contribution in [2.75, 3.05) is 11.9 Å². The normalized spacial score (nSPS) is 12.1. The number of carboxylic acid groups (broad SMARTS) is 1. The number of pyridine rings is 1. The summed E-state index contributed by atoms with van der Waals surface area (Å²) in [4.78, 5) is 31.5. The molecule has 1 amide bonds. The second-order valence-corrected chi connectivity index (χ2v) is 7.25. The van der Waals surface area contributed by atoms with Crippen LogP contribution in [0.1, 0.15) is 36.8 Å². The van der Waals surface area contributed by atoms with E-state index in [0.29, 0.717) is 5.69 Å². The highest BCUT2D eigenvalue weighted by Gasteiger charge is 2.17. The van der Waals surface area contributed by atoms with Gasteiger partial charge in [0, 0.05) is 17.5 Å². The summed E-state index contributed by atoms with van der Waals surface area (Å²) >= 11 is 1.08. The fourth-order valence-corrected chi connectivity index (χ4v) is 2.90. The van der Waals surface area contributed by atoms with Gasteiger partial charge < -0.3 is 19.3 Å². The van der Waals surface area contributed by atoms with Crippen LogP contribution in [0.5, 0.6) is 11.8 Å². The van der Waals surface area contributed by atoms with Gasteiger partial charge in [0.15, 0.2) is 5.13 Å². The quantitative estimate of drug-likeness (QED) is 0.541. The number of aromatic nitrogens is 2. The lowest BCUT2D eigenvalue weighted by Gasteiger charge is -2.16. The second kappa shape index (κ2) is 10.8. The zero-order chi connectivity index (χ0) is 22.3. The summed E-state index contributed by atoms with van der Waals surface area (Å²) in [5, 5.41) is 13.1. The van der Waals surface area contributed by atoms with E-state index in [2.05, 4.69) is 20.0 Å². The molecule has 0 aromatic carbocycles. The Morgan fingerprint density at radius 3 is 2.43 bits per heavy atom. The van der Waals surface area contributed by atoms with Crippen LogP contribution in [0, 0.1) is 0 Å². The highest BCUT2D eigenvalue weighted by Crippen LogP contribution is 2.23. The predicted molar refractivity (Wildman–Crippen MR) is 103 cm³/mol. The third-order valence-electron chi connectivity index (χ3n) is 3.28. The predicted octanol–water partition coefficient (Wildman–Crippen LogP) is 3.21. The van der Waals surface area contributed by atoms with Crippen LogP contribution in [-0.2, 0) is 16.0 Å². The monoisotopic (exact) mass is 445 g/mol. The van der Waals surface area contributed by atoms with Crippen LogP contribution in [0.25, 0.3) is 0 Å². The molecule has 0 aliphatic carbocycles. The zero-order valence-corrected chi connectivity index (χ0v) is 17.2. The largest absolute Gasteiger partial charge is 0.481 e. The number of hydrogen-bond donors (Lipinski definition) is 2. The lowest BCUT2D eigenvalue weighted by atomic mass is 10.2. The number of nitrogens with one attached hydrogen (secondary N) is 1. The molecule has 2 rings (SSSR count). The Kier molecular flexibility index (Phi) is 8.42. The number of carbonyl (C=O) groups excluding carboxylic acids is 1. The van der Waals surface area contributed by atoms with Crippen molar-refractivity contribution in [3.63, 3.8) is 0 Å². The third kappa shape index (κ3) is 7.87. The van der Waals surface area contributed by atoms with Gasteiger partial charge in [0.2, 0.25) is 11.8 Å². The molecule has 9 nitrogen and oxygen atoms in total. The molecule has 1 atom stereocenters. The van der Waals surface area contributed by atoms with Crippen molar-refractivity contribution >= 4 is 28.3 Å². The Labute approximate surface area is 175 Å². The van der Waals surface area contributed by atoms with Gasteiger partial charge in [-0.05, 0) is 20.8 Å². The van der Waals surface area contributed by atoms with Gasteiger partial charge in [0.25, 0.3) is 5.91 Å². The maximum Gasteiger partial charge on any atom is 0.345 e. The number of carboxylic acids is 1. The Balaban J connectivity index is 2.16. The van der Waals surface area contributed by atoms with E-state index in [4.69, 9.17) is 14.6 Å². The molecule has 164 valence electrons. The van der Waals surface area contributed by atoms with Crippen molar-refractivity contribution in [1.82, 2.24) is 9.97 Å². The summed E-state index contributed by atoms with van der Waals surface area (Å²) in [6, 6.07) is 2.72. The van der Waals surface area contributed by atoms with Gasteiger partial charge >= 0.3 is 12.6 Å². The van der Waals surface area contributed by atoms with E-state index in [1.165, 1.54) is 24.4 Å². The number of thiazole rings is 1. The number of halogens is 2. The van der Waals surface area contributed by atoms with Crippen molar-refractivity contribution in [3.05, 3.63) is 28.8 Å². The number of carbonyl (C=O) groups is 2. The van der Waals surface area contributed by atoms with Crippen LogP contribution < -0.4 is 14.8 Å². The van der Waals surface area contributed by atoms with E-state index in [9.17, 15) is 18.4 Å². The first-order valence-electron chi connectivity index (χ1n) is 8.85. The molecule has 0 radical (unpaired) electrons. The van der Waals surface area contributed by atoms with Crippen LogP contribution in [0.4, 0.5) is 13.9 Å². The van der Waals surface area contributed by atoms with Crippen LogP contribution >= 0.6 is 11.3 Å². The molecule has 0 saturated heterocycles. The molecule has 0 fully saturated rings. The molecule has 12 heteroatoms. The van der Waals surface area contributed by atoms with E-state index in [1.807, 2.05) is 0 Å². The minimum absolute atomic E-state index is 0.00521. The lowest BCUT2D eigenvalue weighted by molar-refractivity contribution is -0.143. The first-order chi connectivity index (χ1) is 14.1. The second-order valence-electron chi connectivity index (χ2n) is 6.39. The molecule has 2 N–H and O–H groups in total. The standard InChI is InChI=1S/C18H21F2N3O6S/c1-9(2)28-13-4-11(5-14(22-13)29-10(3)7-27-17(19)20)16(26)23-18-21-12(8-30-18)6-15(24)25/h4-5,8-10,17H,6-7H2,1-3H3,(H,24,25)(H,21,23,26). The molecule has 30 heavy (non-hydrogen) atoms. The number of rotatable bonds is 11. The zero-order valence-electron chi connectivity index (χ0n) is 16.4. The number of alkyl halides is 2. The Bertz CT molecular complexity index is 877. The van der Waals surface area contributed by atoms with Crippen molar-refractivity contribution in [2.24, 2.45) is 0 Å². The van der Waals surface area contributed by atoms with E-state index in [-0.39, 0.29) is 41.6 Å². The summed E-state index contributed by atoms with van der Waals surface area (Å²) in [6.45, 7) is 1.76. The molecular formula is C18H21F2N3O6S. The van der Waals surface area contributed by atoms with Crippen molar-refractivity contribution in [2.45, 2.75) is 46.0 Å². The summed E-state index contributed by atoms with van der Waals surface area (Å²) < 4.78 is 39.6. The molecule has 0 aliphatic heterocycles. The average Bonchev–Trinajstić information content (AvgIpc) is 3.05. The highest BCUT2D eigenvalue weighted by molar-refractivity contribution is 7.14. The lowest BCUT2D eigenvalue weighted by Crippen LogP contribution is -2.22. The van der Waals surface area contributed by atoms with Crippen LogP contribution in [0.3, 0.4) is 0 Å². The van der Waals surface area contributed by atoms with Gasteiger partial charge in [-0.25, -0.2) is 4.98 Å². The van der Waals surface area contributed by atoms with Crippen LogP contribution in [0.2, 0.25) is 0 Å². The molecule has 0 spiro atoms.